The maximum atomic E-state index is 14.5. The lowest BCUT2D eigenvalue weighted by atomic mass is 9.94. The van der Waals surface area contributed by atoms with E-state index in [0.29, 0.717) is 41.6 Å². The molecule has 2 fully saturated rings. The average molecular weight is 585 g/mol. The molecule has 8 nitrogen and oxygen atoms in total. The molecule has 1 aliphatic carbocycles. The molecule has 3 heterocycles. The third-order valence-corrected chi connectivity index (χ3v) is 8.45. The molecule has 0 spiro atoms. The van der Waals surface area contributed by atoms with Gasteiger partial charge in [-0.1, -0.05) is 36.4 Å². The van der Waals surface area contributed by atoms with Crippen LogP contribution in [0.5, 0.6) is 0 Å². The van der Waals surface area contributed by atoms with Crippen LogP contribution < -0.4 is 9.80 Å². The van der Waals surface area contributed by atoms with Crippen molar-refractivity contribution in [3.8, 4) is 22.4 Å². The maximum Gasteiger partial charge on any atom is 0.304 e. The number of carboxylic acids is 1. The van der Waals surface area contributed by atoms with Crippen molar-refractivity contribution in [1.82, 2.24) is 9.97 Å². The standard InChI is InChI=1S/C32H29FN4O4S/c33-23-9-12-25(21-8-13-28(34-18-21)36-14-4-7-29(36)38)26(17-23)27-19-42-32(35-27)37(24-10-11-24)31(41)22(16-30(39)40)15-20-5-2-1-3-6-20/h1-3,5-6,8-9,12-13,17-19,22,24H,4,7,10-11,14-16H2,(H,39,40). The van der Waals surface area contributed by atoms with Gasteiger partial charge in [-0.2, -0.15) is 0 Å². The van der Waals surface area contributed by atoms with Gasteiger partial charge in [-0.25, -0.2) is 14.4 Å². The van der Waals surface area contributed by atoms with Crippen molar-refractivity contribution in [3.63, 3.8) is 0 Å². The average Bonchev–Trinajstić information content (AvgIpc) is 3.53. The summed E-state index contributed by atoms with van der Waals surface area (Å²) in [6.07, 6.45) is 4.65. The van der Waals surface area contributed by atoms with Crippen LogP contribution in [0.2, 0.25) is 0 Å². The highest BCUT2D eigenvalue weighted by molar-refractivity contribution is 7.14. The fraction of sp³-hybridized carbons (Fsp3) is 0.281. The molecule has 2 aliphatic rings. The lowest BCUT2D eigenvalue weighted by Gasteiger charge is -2.25. The Labute approximate surface area is 246 Å². The van der Waals surface area contributed by atoms with Gasteiger partial charge in [0.05, 0.1) is 18.0 Å². The van der Waals surface area contributed by atoms with Crippen molar-refractivity contribution in [2.45, 2.75) is 44.6 Å². The summed E-state index contributed by atoms with van der Waals surface area (Å²) in [7, 11) is 0. The van der Waals surface area contributed by atoms with Gasteiger partial charge in [-0.15, -0.1) is 11.3 Å². The van der Waals surface area contributed by atoms with E-state index in [0.717, 1.165) is 36.0 Å². The Morgan fingerprint density at radius 1 is 1.10 bits per heavy atom. The number of halogens is 1. The maximum absolute atomic E-state index is 14.5. The van der Waals surface area contributed by atoms with Gasteiger partial charge in [0.1, 0.15) is 11.6 Å². The summed E-state index contributed by atoms with van der Waals surface area (Å²) >= 11 is 1.29. The second-order valence-corrected chi connectivity index (χ2v) is 11.5. The number of carboxylic acid groups (broad SMARTS) is 1. The number of rotatable bonds is 10. The third-order valence-electron chi connectivity index (χ3n) is 7.61. The molecule has 2 aromatic carbocycles. The molecule has 0 radical (unpaired) electrons. The van der Waals surface area contributed by atoms with Crippen molar-refractivity contribution in [3.05, 3.63) is 83.6 Å². The highest BCUT2D eigenvalue weighted by Crippen LogP contribution is 2.40. The van der Waals surface area contributed by atoms with Gasteiger partial charge in [0.2, 0.25) is 11.8 Å². The van der Waals surface area contributed by atoms with Crippen LogP contribution >= 0.6 is 11.3 Å². The Kier molecular flexibility index (Phi) is 7.80. The van der Waals surface area contributed by atoms with Crippen LogP contribution in [-0.4, -0.2) is 45.4 Å². The Morgan fingerprint density at radius 3 is 2.57 bits per heavy atom. The van der Waals surface area contributed by atoms with Crippen LogP contribution in [0.15, 0.2) is 72.2 Å². The number of pyridine rings is 1. The molecule has 1 atom stereocenters. The summed E-state index contributed by atoms with van der Waals surface area (Å²) in [4.78, 5) is 50.3. The zero-order valence-corrected chi connectivity index (χ0v) is 23.6. The van der Waals surface area contributed by atoms with Crippen LogP contribution in [-0.2, 0) is 20.8 Å². The quantitative estimate of drug-likeness (QED) is 0.247. The number of carbonyl (C=O) groups is 3. The fourth-order valence-corrected chi connectivity index (χ4v) is 6.29. The molecule has 1 saturated carbocycles. The molecule has 0 bridgehead atoms. The van der Waals surface area contributed by atoms with Crippen molar-refractivity contribution in [2.75, 3.05) is 16.3 Å². The van der Waals surface area contributed by atoms with Gasteiger partial charge in [0.15, 0.2) is 5.13 Å². The molecule has 1 N–H and O–H groups in total. The largest absolute Gasteiger partial charge is 0.481 e. The van der Waals surface area contributed by atoms with E-state index in [4.69, 9.17) is 4.98 Å². The molecule has 1 aliphatic heterocycles. The molecular formula is C32H29FN4O4S. The fourth-order valence-electron chi connectivity index (χ4n) is 5.39. The minimum absolute atomic E-state index is 0.0411. The van der Waals surface area contributed by atoms with Gasteiger partial charge in [-0.05, 0) is 61.1 Å². The van der Waals surface area contributed by atoms with Crippen molar-refractivity contribution < 1.29 is 23.9 Å². The van der Waals surface area contributed by atoms with Gasteiger partial charge >= 0.3 is 5.97 Å². The first-order valence-corrected chi connectivity index (χ1v) is 14.9. The summed E-state index contributed by atoms with van der Waals surface area (Å²) < 4.78 is 14.5. The van der Waals surface area contributed by atoms with Crippen LogP contribution in [0.4, 0.5) is 15.3 Å². The highest BCUT2D eigenvalue weighted by atomic mass is 32.1. The molecule has 10 heteroatoms. The van der Waals surface area contributed by atoms with Gasteiger partial charge in [0, 0.05) is 41.7 Å². The highest BCUT2D eigenvalue weighted by Gasteiger charge is 2.39. The molecule has 6 rings (SSSR count). The molecule has 42 heavy (non-hydrogen) atoms. The van der Waals surface area contributed by atoms with E-state index in [9.17, 15) is 23.9 Å². The number of nitrogens with zero attached hydrogens (tertiary/aromatic N) is 4. The van der Waals surface area contributed by atoms with E-state index < -0.39 is 17.7 Å². The number of anilines is 2. The number of thiazole rings is 1. The topological polar surface area (TPSA) is 104 Å². The molecule has 2 aromatic heterocycles. The number of aromatic nitrogens is 2. The first kappa shape index (κ1) is 27.7. The first-order valence-electron chi connectivity index (χ1n) is 14.0. The van der Waals surface area contributed by atoms with Crippen molar-refractivity contribution >= 4 is 40.1 Å². The smallest absolute Gasteiger partial charge is 0.304 e. The summed E-state index contributed by atoms with van der Waals surface area (Å²) in [6, 6.07) is 17.5. The number of hydrogen-bond donors (Lipinski definition) is 1. The van der Waals surface area contributed by atoms with E-state index >= 15 is 0 Å². The molecule has 1 saturated heterocycles. The van der Waals surface area contributed by atoms with E-state index in [1.807, 2.05) is 36.4 Å². The second kappa shape index (κ2) is 11.8. The summed E-state index contributed by atoms with van der Waals surface area (Å²) in [5.41, 5.74) is 3.43. The van der Waals surface area contributed by atoms with E-state index in [1.54, 1.807) is 33.5 Å². The molecule has 1 unspecified atom stereocenters. The number of hydrogen-bond acceptors (Lipinski definition) is 6. The molecule has 214 valence electrons. The predicted molar refractivity (Wildman–Crippen MR) is 159 cm³/mol. The predicted octanol–water partition coefficient (Wildman–Crippen LogP) is 5.97. The van der Waals surface area contributed by atoms with Gasteiger partial charge in [-0.3, -0.25) is 24.2 Å². The van der Waals surface area contributed by atoms with E-state index in [-0.39, 0.29) is 24.3 Å². The normalized spacial score (nSPS) is 15.5. The van der Waals surface area contributed by atoms with E-state index in [2.05, 4.69) is 4.98 Å². The van der Waals surface area contributed by atoms with Gasteiger partial charge < -0.3 is 5.11 Å². The minimum Gasteiger partial charge on any atom is -0.481 e. The third kappa shape index (κ3) is 5.94. The number of carbonyl (C=O) groups excluding carboxylic acids is 2. The first-order chi connectivity index (χ1) is 20.4. The molecular weight excluding hydrogens is 555 g/mol. The zero-order chi connectivity index (χ0) is 29.2. The summed E-state index contributed by atoms with van der Waals surface area (Å²) in [5.74, 6) is -1.81. The Bertz CT molecular complexity index is 1620. The Morgan fingerprint density at radius 2 is 1.90 bits per heavy atom. The number of aliphatic carboxylic acids is 1. The van der Waals surface area contributed by atoms with Crippen molar-refractivity contribution in [2.24, 2.45) is 5.92 Å². The monoisotopic (exact) mass is 584 g/mol. The van der Waals surface area contributed by atoms with Crippen LogP contribution in [0.25, 0.3) is 22.4 Å². The SMILES string of the molecule is O=C(O)CC(Cc1ccccc1)C(=O)N(c1nc(-c2cc(F)ccc2-c2ccc(N3CCCC3=O)nc2)cs1)C1CC1. The Hall–Kier alpha value is -4.44. The van der Waals surface area contributed by atoms with Crippen LogP contribution in [0.1, 0.15) is 37.7 Å². The lowest BCUT2D eigenvalue weighted by Crippen LogP contribution is -2.39. The Balaban J connectivity index is 1.30. The second-order valence-electron chi connectivity index (χ2n) is 10.7. The van der Waals surface area contributed by atoms with Crippen molar-refractivity contribution in [1.29, 1.82) is 0 Å². The van der Waals surface area contributed by atoms with Gasteiger partial charge in [0.25, 0.3) is 0 Å². The van der Waals surface area contributed by atoms with E-state index in [1.165, 1.54) is 23.5 Å². The number of benzene rings is 2. The zero-order valence-electron chi connectivity index (χ0n) is 22.8. The summed E-state index contributed by atoms with van der Waals surface area (Å²) in [5, 5.41) is 11.8. The lowest BCUT2D eigenvalue weighted by molar-refractivity contribution is -0.140. The molecule has 2 amide bonds. The van der Waals surface area contributed by atoms with Crippen LogP contribution in [0.3, 0.4) is 0 Å². The van der Waals surface area contributed by atoms with Crippen LogP contribution in [0, 0.1) is 11.7 Å². The molecule has 4 aromatic rings. The minimum atomic E-state index is -1.03. The summed E-state index contributed by atoms with van der Waals surface area (Å²) in [6.45, 7) is 0.642. The number of amides is 2.